The molecule has 0 fully saturated rings. The first kappa shape index (κ1) is 10.8. The summed E-state index contributed by atoms with van der Waals surface area (Å²) in [5.41, 5.74) is 1.76. The third kappa shape index (κ3) is 1.85. The number of benzene rings is 2. The molecule has 3 heteroatoms. The fraction of sp³-hybridized carbons (Fsp3) is 0.143. The van der Waals surface area contributed by atoms with Crippen molar-refractivity contribution in [3.05, 3.63) is 59.4 Å². The van der Waals surface area contributed by atoms with Crippen molar-refractivity contribution in [3.63, 3.8) is 0 Å². The van der Waals surface area contributed by atoms with E-state index < -0.39 is 6.10 Å². The molecule has 1 aliphatic rings. The lowest BCUT2D eigenvalue weighted by Gasteiger charge is -2.10. The van der Waals surface area contributed by atoms with Crippen LogP contribution in [0.25, 0.3) is 0 Å². The molecule has 2 aromatic carbocycles. The quantitative estimate of drug-likeness (QED) is 0.767. The Bertz CT molecular complexity index is 568. The molecule has 1 unspecified atom stereocenters. The average molecular weight is 246 g/mol. The van der Waals surface area contributed by atoms with Crippen LogP contribution in [0, 0.1) is 5.82 Å². The van der Waals surface area contributed by atoms with Gasteiger partial charge in [0.25, 0.3) is 0 Å². The van der Waals surface area contributed by atoms with Crippen LogP contribution in [0.2, 0.25) is 0 Å². The van der Waals surface area contributed by atoms with E-state index in [4.69, 9.17) is 0 Å². The van der Waals surface area contributed by atoms with Crippen molar-refractivity contribution in [1.82, 2.24) is 0 Å². The summed E-state index contributed by atoms with van der Waals surface area (Å²) in [6, 6.07) is 12.7. The van der Waals surface area contributed by atoms with Crippen molar-refractivity contribution < 1.29 is 9.50 Å². The Hall–Kier alpha value is -1.32. The lowest BCUT2D eigenvalue weighted by Crippen LogP contribution is -2.01. The van der Waals surface area contributed by atoms with E-state index in [-0.39, 0.29) is 5.82 Å². The maximum absolute atomic E-state index is 13.8. The van der Waals surface area contributed by atoms with Gasteiger partial charge >= 0.3 is 0 Å². The molecule has 17 heavy (non-hydrogen) atoms. The second kappa shape index (κ2) is 4.17. The molecule has 2 aromatic rings. The van der Waals surface area contributed by atoms with Gasteiger partial charge in [-0.2, -0.15) is 0 Å². The Morgan fingerprint density at radius 1 is 1.12 bits per heavy atom. The third-order valence-electron chi connectivity index (χ3n) is 2.95. The predicted octanol–water partition coefficient (Wildman–Crippen LogP) is 3.57. The Balaban J connectivity index is 2.18. The third-order valence-corrected chi connectivity index (χ3v) is 4.20. The average Bonchev–Trinajstić information content (AvgIpc) is 2.47. The van der Waals surface area contributed by atoms with Gasteiger partial charge in [0.05, 0.1) is 11.0 Å². The summed E-state index contributed by atoms with van der Waals surface area (Å²) >= 11 is 1.40. The maximum Gasteiger partial charge on any atom is 0.137 e. The Labute approximate surface area is 103 Å². The second-order valence-corrected chi connectivity index (χ2v) is 5.14. The summed E-state index contributed by atoms with van der Waals surface area (Å²) < 4.78 is 13.8. The van der Waals surface area contributed by atoms with Crippen LogP contribution in [0.1, 0.15) is 17.2 Å². The minimum absolute atomic E-state index is 0.212. The first-order valence-electron chi connectivity index (χ1n) is 5.48. The second-order valence-electron chi connectivity index (χ2n) is 4.09. The Morgan fingerprint density at radius 2 is 1.94 bits per heavy atom. The van der Waals surface area contributed by atoms with E-state index in [9.17, 15) is 9.50 Å². The lowest BCUT2D eigenvalue weighted by molar-refractivity contribution is 0.175. The monoisotopic (exact) mass is 246 g/mol. The molecule has 0 saturated carbocycles. The first-order valence-corrected chi connectivity index (χ1v) is 6.29. The van der Waals surface area contributed by atoms with Crippen molar-refractivity contribution >= 4 is 11.8 Å². The Morgan fingerprint density at radius 3 is 2.82 bits per heavy atom. The van der Waals surface area contributed by atoms with Crippen molar-refractivity contribution in [2.45, 2.75) is 22.3 Å². The van der Waals surface area contributed by atoms with E-state index in [1.165, 1.54) is 17.8 Å². The highest BCUT2D eigenvalue weighted by molar-refractivity contribution is 7.99. The SMILES string of the molecule is OC1Cc2cccc(F)c2Sc2ccccc21. The standard InChI is InChI=1S/C14H11FOS/c15-11-6-3-4-9-8-12(16)10-5-1-2-7-13(10)17-14(9)11/h1-7,12,16H,8H2. The zero-order valence-electron chi connectivity index (χ0n) is 9.06. The van der Waals surface area contributed by atoms with Crippen LogP contribution >= 0.6 is 11.8 Å². The molecule has 86 valence electrons. The zero-order chi connectivity index (χ0) is 11.8. The topological polar surface area (TPSA) is 20.2 Å². The summed E-state index contributed by atoms with van der Waals surface area (Å²) in [4.78, 5) is 1.57. The molecule has 0 aliphatic carbocycles. The van der Waals surface area contributed by atoms with Gasteiger partial charge < -0.3 is 5.11 Å². The van der Waals surface area contributed by atoms with Gasteiger partial charge in [-0.1, -0.05) is 42.1 Å². The van der Waals surface area contributed by atoms with Crippen LogP contribution in [-0.4, -0.2) is 5.11 Å². The molecular formula is C14H11FOS. The molecule has 0 bridgehead atoms. The zero-order valence-corrected chi connectivity index (χ0v) is 9.88. The fourth-order valence-electron chi connectivity index (χ4n) is 2.11. The van der Waals surface area contributed by atoms with E-state index in [0.29, 0.717) is 11.3 Å². The van der Waals surface area contributed by atoms with Crippen LogP contribution in [-0.2, 0) is 6.42 Å². The van der Waals surface area contributed by atoms with Crippen LogP contribution in [0.15, 0.2) is 52.3 Å². The number of aliphatic hydroxyl groups excluding tert-OH is 1. The molecule has 0 amide bonds. The fourth-order valence-corrected chi connectivity index (χ4v) is 3.24. The summed E-state index contributed by atoms with van der Waals surface area (Å²) in [5.74, 6) is -0.212. The number of hydrogen-bond donors (Lipinski definition) is 1. The van der Waals surface area contributed by atoms with Gasteiger partial charge in [-0.15, -0.1) is 0 Å². The molecule has 0 spiro atoms. The van der Waals surface area contributed by atoms with E-state index in [1.807, 2.05) is 30.3 Å². The molecule has 1 atom stereocenters. The van der Waals surface area contributed by atoms with Crippen molar-refractivity contribution in [3.8, 4) is 0 Å². The van der Waals surface area contributed by atoms with Crippen LogP contribution in [0.3, 0.4) is 0 Å². The van der Waals surface area contributed by atoms with Gasteiger partial charge in [-0.3, -0.25) is 0 Å². The summed E-state index contributed by atoms with van der Waals surface area (Å²) in [6.45, 7) is 0. The normalized spacial score (nSPS) is 18.1. The van der Waals surface area contributed by atoms with Gasteiger partial charge in [-0.25, -0.2) is 4.39 Å². The van der Waals surface area contributed by atoms with E-state index >= 15 is 0 Å². The lowest BCUT2D eigenvalue weighted by atomic mass is 10.0. The van der Waals surface area contributed by atoms with E-state index in [1.54, 1.807) is 6.07 Å². The number of fused-ring (bicyclic) bond motifs is 2. The van der Waals surface area contributed by atoms with Crippen molar-refractivity contribution in [2.75, 3.05) is 0 Å². The summed E-state index contributed by atoms with van der Waals surface area (Å²) in [6.07, 6.45) is -0.0846. The smallest absolute Gasteiger partial charge is 0.137 e. The van der Waals surface area contributed by atoms with Gasteiger partial charge in [0, 0.05) is 11.3 Å². The van der Waals surface area contributed by atoms with Crippen LogP contribution in [0.4, 0.5) is 4.39 Å². The molecule has 0 saturated heterocycles. The summed E-state index contributed by atoms with van der Waals surface area (Å²) in [7, 11) is 0. The summed E-state index contributed by atoms with van der Waals surface area (Å²) in [5, 5.41) is 10.1. The minimum atomic E-state index is -0.554. The predicted molar refractivity (Wildman–Crippen MR) is 65.6 cm³/mol. The highest BCUT2D eigenvalue weighted by Gasteiger charge is 2.22. The molecule has 3 rings (SSSR count). The highest BCUT2D eigenvalue weighted by atomic mass is 32.2. The van der Waals surface area contributed by atoms with Gasteiger partial charge in [0.15, 0.2) is 0 Å². The van der Waals surface area contributed by atoms with E-state index in [0.717, 1.165) is 16.0 Å². The number of halogens is 1. The maximum atomic E-state index is 13.8. The van der Waals surface area contributed by atoms with Gasteiger partial charge in [0.1, 0.15) is 5.82 Å². The molecule has 1 aliphatic heterocycles. The van der Waals surface area contributed by atoms with Gasteiger partial charge in [-0.05, 0) is 23.3 Å². The van der Waals surface area contributed by atoms with E-state index in [2.05, 4.69) is 0 Å². The molecule has 1 nitrogen and oxygen atoms in total. The first-order chi connectivity index (χ1) is 8.25. The van der Waals surface area contributed by atoms with Crippen molar-refractivity contribution in [2.24, 2.45) is 0 Å². The Kier molecular flexibility index (Phi) is 2.65. The van der Waals surface area contributed by atoms with Gasteiger partial charge in [0.2, 0.25) is 0 Å². The number of aliphatic hydroxyl groups is 1. The largest absolute Gasteiger partial charge is 0.388 e. The highest BCUT2D eigenvalue weighted by Crippen LogP contribution is 2.41. The molecular weight excluding hydrogens is 235 g/mol. The molecule has 1 heterocycles. The van der Waals surface area contributed by atoms with Crippen LogP contribution in [0.5, 0.6) is 0 Å². The molecule has 0 radical (unpaired) electrons. The number of hydrogen-bond acceptors (Lipinski definition) is 2. The van der Waals surface area contributed by atoms with Crippen molar-refractivity contribution in [1.29, 1.82) is 0 Å². The van der Waals surface area contributed by atoms with Crippen LogP contribution < -0.4 is 0 Å². The number of rotatable bonds is 0. The molecule has 0 aromatic heterocycles. The molecule has 1 N–H and O–H groups in total. The minimum Gasteiger partial charge on any atom is -0.388 e.